The van der Waals surface area contributed by atoms with Crippen LogP contribution >= 0.6 is 11.6 Å². The SMILES string of the molecule is C[NH+](C)[C@H](C[NH2+]CC(=O)Nc1ccc(Cl)cc1C(F)(F)F)c1ccco1. The van der Waals surface area contributed by atoms with E-state index in [1.54, 1.807) is 17.6 Å². The fourth-order valence-corrected chi connectivity index (χ4v) is 2.74. The molecule has 0 aliphatic heterocycles. The van der Waals surface area contributed by atoms with E-state index < -0.39 is 17.6 Å². The largest absolute Gasteiger partial charge is 0.463 e. The van der Waals surface area contributed by atoms with Crippen molar-refractivity contribution in [2.45, 2.75) is 12.2 Å². The molecule has 26 heavy (non-hydrogen) atoms. The Morgan fingerprint density at radius 1 is 1.35 bits per heavy atom. The number of amides is 1. The molecule has 1 heterocycles. The monoisotopic (exact) mass is 391 g/mol. The Morgan fingerprint density at radius 2 is 2.08 bits per heavy atom. The van der Waals surface area contributed by atoms with Crippen molar-refractivity contribution in [2.24, 2.45) is 0 Å². The van der Waals surface area contributed by atoms with Crippen LogP contribution in [0.3, 0.4) is 0 Å². The summed E-state index contributed by atoms with van der Waals surface area (Å²) in [7, 11) is 3.93. The van der Waals surface area contributed by atoms with E-state index in [2.05, 4.69) is 5.32 Å². The molecule has 0 radical (unpaired) electrons. The number of rotatable bonds is 7. The number of nitrogens with two attached hydrogens (primary N) is 1. The lowest BCUT2D eigenvalue weighted by Crippen LogP contribution is -3.09. The van der Waals surface area contributed by atoms with Gasteiger partial charge in [-0.25, -0.2) is 0 Å². The van der Waals surface area contributed by atoms with Crippen LogP contribution in [0.25, 0.3) is 0 Å². The second-order valence-electron chi connectivity index (χ2n) is 6.11. The first-order valence-electron chi connectivity index (χ1n) is 8.00. The Labute approximate surface area is 154 Å². The Hall–Kier alpha value is -2.03. The number of furan rings is 1. The number of likely N-dealkylation sites (N-methyl/N-ethyl adjacent to an activating group) is 1. The highest BCUT2D eigenvalue weighted by Gasteiger charge is 2.34. The number of carbonyl (C=O) groups is 1. The first-order valence-corrected chi connectivity index (χ1v) is 8.38. The molecule has 1 aromatic heterocycles. The second kappa shape index (κ2) is 8.57. The van der Waals surface area contributed by atoms with Gasteiger partial charge in [0, 0.05) is 5.02 Å². The molecule has 4 N–H and O–H groups in total. The summed E-state index contributed by atoms with van der Waals surface area (Å²) in [5.74, 6) is 0.267. The third kappa shape index (κ3) is 5.48. The van der Waals surface area contributed by atoms with Gasteiger partial charge in [-0.3, -0.25) is 4.79 Å². The molecule has 0 spiro atoms. The average molecular weight is 392 g/mol. The number of quaternary nitrogens is 2. The van der Waals surface area contributed by atoms with Gasteiger partial charge in [0.05, 0.1) is 31.6 Å². The molecular formula is C17H21ClF3N3O2+2. The minimum atomic E-state index is -4.60. The normalized spacial score (nSPS) is 13.0. The summed E-state index contributed by atoms with van der Waals surface area (Å²) in [4.78, 5) is 13.2. The summed E-state index contributed by atoms with van der Waals surface area (Å²) < 4.78 is 44.6. The Bertz CT molecular complexity index is 733. The van der Waals surface area contributed by atoms with Gasteiger partial charge >= 0.3 is 6.18 Å². The van der Waals surface area contributed by atoms with Gasteiger partial charge in [0.2, 0.25) is 0 Å². The maximum Gasteiger partial charge on any atom is 0.418 e. The van der Waals surface area contributed by atoms with Gasteiger partial charge < -0.3 is 20.0 Å². The molecule has 0 aliphatic rings. The van der Waals surface area contributed by atoms with Crippen LogP contribution < -0.4 is 15.5 Å². The maximum absolute atomic E-state index is 13.1. The van der Waals surface area contributed by atoms with Crippen LogP contribution in [-0.2, 0) is 11.0 Å². The van der Waals surface area contributed by atoms with E-state index >= 15 is 0 Å². The minimum Gasteiger partial charge on any atom is -0.463 e. The Kier molecular flexibility index (Phi) is 6.69. The highest BCUT2D eigenvalue weighted by atomic mass is 35.5. The number of alkyl halides is 3. The molecule has 5 nitrogen and oxygen atoms in total. The van der Waals surface area contributed by atoms with Crippen molar-refractivity contribution in [1.29, 1.82) is 0 Å². The van der Waals surface area contributed by atoms with E-state index in [1.807, 2.05) is 20.2 Å². The van der Waals surface area contributed by atoms with Gasteiger partial charge in [-0.05, 0) is 30.3 Å². The number of benzene rings is 1. The van der Waals surface area contributed by atoms with Crippen molar-refractivity contribution in [3.8, 4) is 0 Å². The van der Waals surface area contributed by atoms with Crippen LogP contribution in [0.1, 0.15) is 17.4 Å². The molecule has 2 aromatic rings. The second-order valence-corrected chi connectivity index (χ2v) is 6.55. The quantitative estimate of drug-likeness (QED) is 0.667. The fourth-order valence-electron chi connectivity index (χ4n) is 2.57. The van der Waals surface area contributed by atoms with Gasteiger partial charge in [0.1, 0.15) is 6.54 Å². The number of hydrogen-bond acceptors (Lipinski definition) is 2. The van der Waals surface area contributed by atoms with Crippen molar-refractivity contribution >= 4 is 23.2 Å². The molecule has 0 aliphatic carbocycles. The van der Waals surface area contributed by atoms with E-state index in [9.17, 15) is 18.0 Å². The zero-order chi connectivity index (χ0) is 19.3. The third-order valence-electron chi connectivity index (χ3n) is 3.88. The van der Waals surface area contributed by atoms with Crippen LogP contribution in [-0.4, -0.2) is 33.1 Å². The molecule has 0 fully saturated rings. The topological polar surface area (TPSA) is 63.3 Å². The van der Waals surface area contributed by atoms with Crippen molar-refractivity contribution < 1.29 is 32.6 Å². The summed E-state index contributed by atoms with van der Waals surface area (Å²) in [6, 6.07) is 6.92. The summed E-state index contributed by atoms with van der Waals surface area (Å²) in [6.45, 7) is 0.542. The number of anilines is 1. The van der Waals surface area contributed by atoms with E-state index in [4.69, 9.17) is 16.0 Å². The van der Waals surface area contributed by atoms with Gasteiger partial charge in [-0.15, -0.1) is 0 Å². The smallest absolute Gasteiger partial charge is 0.418 e. The van der Waals surface area contributed by atoms with Crippen LogP contribution in [0.15, 0.2) is 41.0 Å². The van der Waals surface area contributed by atoms with E-state index in [0.29, 0.717) is 6.54 Å². The Balaban J connectivity index is 1.95. The molecule has 0 unspecified atom stereocenters. The maximum atomic E-state index is 13.1. The fraction of sp³-hybridized carbons (Fsp3) is 0.353. The zero-order valence-electron chi connectivity index (χ0n) is 14.4. The van der Waals surface area contributed by atoms with Crippen molar-refractivity contribution in [3.05, 3.63) is 52.9 Å². The number of carbonyl (C=O) groups excluding carboxylic acids is 1. The Morgan fingerprint density at radius 3 is 2.65 bits per heavy atom. The molecule has 0 saturated carbocycles. The molecule has 0 bridgehead atoms. The molecule has 142 valence electrons. The van der Waals surface area contributed by atoms with Crippen LogP contribution in [0.2, 0.25) is 5.02 Å². The molecule has 1 aromatic carbocycles. The predicted octanol–water partition coefficient (Wildman–Crippen LogP) is 1.34. The van der Waals surface area contributed by atoms with Gasteiger partial charge in [0.25, 0.3) is 5.91 Å². The molecule has 2 rings (SSSR count). The van der Waals surface area contributed by atoms with E-state index in [-0.39, 0.29) is 23.3 Å². The zero-order valence-corrected chi connectivity index (χ0v) is 15.1. The van der Waals surface area contributed by atoms with Crippen molar-refractivity contribution in [1.82, 2.24) is 0 Å². The summed E-state index contributed by atoms with van der Waals surface area (Å²) in [5, 5.41) is 3.99. The summed E-state index contributed by atoms with van der Waals surface area (Å²) >= 11 is 5.63. The van der Waals surface area contributed by atoms with Crippen molar-refractivity contribution in [3.63, 3.8) is 0 Å². The minimum absolute atomic E-state index is 0.00951. The first kappa shape index (κ1) is 20.3. The molecular weight excluding hydrogens is 371 g/mol. The van der Waals surface area contributed by atoms with Gasteiger partial charge in [0.15, 0.2) is 18.3 Å². The van der Waals surface area contributed by atoms with Gasteiger partial charge in [-0.1, -0.05) is 11.6 Å². The number of halogens is 4. The van der Waals surface area contributed by atoms with E-state index in [0.717, 1.165) is 22.8 Å². The third-order valence-corrected chi connectivity index (χ3v) is 4.11. The first-order chi connectivity index (χ1) is 12.2. The molecule has 0 saturated heterocycles. The van der Waals surface area contributed by atoms with Gasteiger partial charge in [-0.2, -0.15) is 13.2 Å². The van der Waals surface area contributed by atoms with Crippen LogP contribution in [0, 0.1) is 0 Å². The summed E-state index contributed by atoms with van der Waals surface area (Å²) in [6.07, 6.45) is -3.02. The number of nitrogens with one attached hydrogen (secondary N) is 2. The molecule has 1 atom stereocenters. The summed E-state index contributed by atoms with van der Waals surface area (Å²) in [5.41, 5.74) is -1.27. The lowest BCUT2D eigenvalue weighted by Gasteiger charge is -2.18. The standard InChI is InChI=1S/C17H19ClF3N3O2/c1-24(2)14(15-4-3-7-26-15)9-22-10-16(25)23-13-6-5-11(18)8-12(13)17(19,20)21/h3-8,14,22H,9-10H2,1-2H3,(H,23,25)/p+2/t14-/m1/s1. The highest BCUT2D eigenvalue weighted by Crippen LogP contribution is 2.36. The van der Waals surface area contributed by atoms with Crippen molar-refractivity contribution in [2.75, 3.05) is 32.5 Å². The lowest BCUT2D eigenvalue weighted by molar-refractivity contribution is -0.909. The van der Waals surface area contributed by atoms with Crippen LogP contribution in [0.5, 0.6) is 0 Å². The lowest BCUT2D eigenvalue weighted by atomic mass is 10.1. The average Bonchev–Trinajstić information content (AvgIpc) is 3.06. The highest BCUT2D eigenvalue weighted by molar-refractivity contribution is 6.30. The predicted molar refractivity (Wildman–Crippen MR) is 91.0 cm³/mol. The molecule has 9 heteroatoms. The number of hydrogen-bond donors (Lipinski definition) is 3. The van der Waals surface area contributed by atoms with E-state index in [1.165, 1.54) is 6.07 Å². The molecule has 1 amide bonds. The van der Waals surface area contributed by atoms with Crippen LogP contribution in [0.4, 0.5) is 18.9 Å².